The summed E-state index contributed by atoms with van der Waals surface area (Å²) in [5.74, 6) is -0.193. The Hall–Kier alpha value is -1.13. The summed E-state index contributed by atoms with van der Waals surface area (Å²) in [7, 11) is 0. The van der Waals surface area contributed by atoms with Gasteiger partial charge in [-0.1, -0.05) is 12.1 Å². The molecule has 0 bridgehead atoms. The summed E-state index contributed by atoms with van der Waals surface area (Å²) in [6, 6.07) is 7.11. The van der Waals surface area contributed by atoms with E-state index in [2.05, 4.69) is 10.2 Å². The van der Waals surface area contributed by atoms with Crippen molar-refractivity contribution in [2.75, 3.05) is 25.0 Å². The molecule has 1 heterocycles. The van der Waals surface area contributed by atoms with Gasteiger partial charge in [0.05, 0.1) is 11.3 Å². The fourth-order valence-electron chi connectivity index (χ4n) is 2.58. The molecule has 0 aliphatic carbocycles. The van der Waals surface area contributed by atoms with Crippen molar-refractivity contribution in [3.05, 3.63) is 30.1 Å². The summed E-state index contributed by atoms with van der Waals surface area (Å²) in [5.41, 5.74) is -0.0605. The molecular weight excluding hydrogens is 243 g/mol. The maximum atomic E-state index is 13.5. The first-order chi connectivity index (χ1) is 8.94. The van der Waals surface area contributed by atoms with Crippen LogP contribution in [0, 0.1) is 5.82 Å². The fraction of sp³-hybridized carbons (Fsp3) is 0.600. The SMILES string of the molecule is CC(C)(O)CN1CCC(Nc2ccccc2F)CC1. The van der Waals surface area contributed by atoms with Gasteiger partial charge in [0.25, 0.3) is 0 Å². The summed E-state index contributed by atoms with van der Waals surface area (Å²) in [6.07, 6.45) is 1.95. The van der Waals surface area contributed by atoms with E-state index < -0.39 is 5.60 Å². The molecule has 0 radical (unpaired) electrons. The van der Waals surface area contributed by atoms with Crippen LogP contribution in [0.15, 0.2) is 24.3 Å². The number of halogens is 1. The molecule has 2 rings (SSSR count). The van der Waals surface area contributed by atoms with Crippen molar-refractivity contribution >= 4 is 5.69 Å². The van der Waals surface area contributed by atoms with Crippen LogP contribution < -0.4 is 5.32 Å². The van der Waals surface area contributed by atoms with Gasteiger partial charge >= 0.3 is 0 Å². The van der Waals surface area contributed by atoms with Gasteiger partial charge in [-0.25, -0.2) is 4.39 Å². The number of piperidine rings is 1. The maximum absolute atomic E-state index is 13.5. The molecule has 0 spiro atoms. The molecule has 0 unspecified atom stereocenters. The fourth-order valence-corrected chi connectivity index (χ4v) is 2.58. The van der Waals surface area contributed by atoms with Gasteiger partial charge in [-0.05, 0) is 38.8 Å². The molecule has 2 N–H and O–H groups in total. The second-order valence-corrected chi connectivity index (χ2v) is 5.99. The largest absolute Gasteiger partial charge is 0.389 e. The Morgan fingerprint density at radius 3 is 2.53 bits per heavy atom. The van der Waals surface area contributed by atoms with E-state index in [0.29, 0.717) is 18.3 Å². The maximum Gasteiger partial charge on any atom is 0.146 e. The third-order valence-electron chi connectivity index (χ3n) is 3.43. The predicted octanol–water partition coefficient (Wildman–Crippen LogP) is 2.47. The lowest BCUT2D eigenvalue weighted by atomic mass is 10.0. The van der Waals surface area contributed by atoms with Crippen molar-refractivity contribution < 1.29 is 9.50 Å². The number of rotatable bonds is 4. The first kappa shape index (κ1) is 14.3. The van der Waals surface area contributed by atoms with Crippen molar-refractivity contribution in [3.63, 3.8) is 0 Å². The van der Waals surface area contributed by atoms with Gasteiger partial charge in [-0.2, -0.15) is 0 Å². The van der Waals surface area contributed by atoms with E-state index in [0.717, 1.165) is 25.9 Å². The van der Waals surface area contributed by atoms with Crippen molar-refractivity contribution in [1.29, 1.82) is 0 Å². The Morgan fingerprint density at radius 2 is 1.95 bits per heavy atom. The smallest absolute Gasteiger partial charge is 0.146 e. The summed E-state index contributed by atoms with van der Waals surface area (Å²) in [4.78, 5) is 2.26. The van der Waals surface area contributed by atoms with Crippen LogP contribution in [-0.4, -0.2) is 41.3 Å². The Bertz CT molecular complexity index is 409. The van der Waals surface area contributed by atoms with Crippen LogP contribution >= 0.6 is 0 Å². The number of benzene rings is 1. The summed E-state index contributed by atoms with van der Waals surface area (Å²) in [6.45, 7) is 6.24. The second kappa shape index (κ2) is 5.88. The minimum atomic E-state index is -0.647. The quantitative estimate of drug-likeness (QED) is 0.879. The normalized spacial score (nSPS) is 18.5. The van der Waals surface area contributed by atoms with Crippen LogP contribution in [0.5, 0.6) is 0 Å². The third kappa shape index (κ3) is 4.48. The first-order valence-corrected chi connectivity index (χ1v) is 6.90. The van der Waals surface area contributed by atoms with Crippen LogP contribution in [0.3, 0.4) is 0 Å². The third-order valence-corrected chi connectivity index (χ3v) is 3.43. The molecule has 1 aromatic rings. The van der Waals surface area contributed by atoms with Gasteiger partial charge in [0, 0.05) is 25.7 Å². The zero-order chi connectivity index (χ0) is 13.9. The van der Waals surface area contributed by atoms with Gasteiger partial charge in [0.15, 0.2) is 0 Å². The molecule has 3 nitrogen and oxygen atoms in total. The average Bonchev–Trinajstić information content (AvgIpc) is 2.33. The molecule has 106 valence electrons. The number of hydrogen-bond acceptors (Lipinski definition) is 3. The predicted molar refractivity (Wildman–Crippen MR) is 75.8 cm³/mol. The Balaban J connectivity index is 1.82. The monoisotopic (exact) mass is 266 g/mol. The minimum Gasteiger partial charge on any atom is -0.389 e. The highest BCUT2D eigenvalue weighted by Gasteiger charge is 2.24. The van der Waals surface area contributed by atoms with Crippen LogP contribution in [0.25, 0.3) is 0 Å². The van der Waals surface area contributed by atoms with Gasteiger partial charge in [0.1, 0.15) is 5.82 Å². The number of aliphatic hydroxyl groups is 1. The van der Waals surface area contributed by atoms with Gasteiger partial charge in [-0.15, -0.1) is 0 Å². The van der Waals surface area contributed by atoms with E-state index >= 15 is 0 Å². The van der Waals surface area contributed by atoms with E-state index in [1.807, 2.05) is 19.9 Å². The lowest BCUT2D eigenvalue weighted by Crippen LogP contribution is -2.45. The van der Waals surface area contributed by atoms with Crippen LogP contribution in [0.4, 0.5) is 10.1 Å². The summed E-state index contributed by atoms with van der Waals surface area (Å²) >= 11 is 0. The molecule has 4 heteroatoms. The molecular formula is C15H23FN2O. The number of hydrogen-bond donors (Lipinski definition) is 2. The molecule has 1 saturated heterocycles. The van der Waals surface area contributed by atoms with Crippen LogP contribution in [-0.2, 0) is 0 Å². The van der Waals surface area contributed by atoms with Crippen LogP contribution in [0.2, 0.25) is 0 Å². The van der Waals surface area contributed by atoms with Crippen LogP contribution in [0.1, 0.15) is 26.7 Å². The van der Waals surface area contributed by atoms with Gasteiger partial charge in [-0.3, -0.25) is 0 Å². The van der Waals surface area contributed by atoms with E-state index in [1.165, 1.54) is 6.07 Å². The molecule has 0 saturated carbocycles. The molecule has 1 aromatic carbocycles. The Kier molecular flexibility index (Phi) is 4.42. The summed E-state index contributed by atoms with van der Waals surface area (Å²) < 4.78 is 13.5. The van der Waals surface area contributed by atoms with Crippen molar-refractivity contribution in [2.45, 2.75) is 38.3 Å². The number of para-hydroxylation sites is 1. The lowest BCUT2D eigenvalue weighted by molar-refractivity contribution is 0.0291. The topological polar surface area (TPSA) is 35.5 Å². The molecule has 1 aliphatic rings. The molecule has 0 atom stereocenters. The highest BCUT2D eigenvalue weighted by atomic mass is 19.1. The lowest BCUT2D eigenvalue weighted by Gasteiger charge is -2.35. The standard InChI is InChI=1S/C15H23FN2O/c1-15(2,19)11-18-9-7-12(8-10-18)17-14-6-4-3-5-13(14)16/h3-6,12,17,19H,7-11H2,1-2H3. The molecule has 1 aliphatic heterocycles. The first-order valence-electron chi connectivity index (χ1n) is 6.90. The average molecular weight is 266 g/mol. The van der Waals surface area contributed by atoms with Crippen molar-refractivity contribution in [2.24, 2.45) is 0 Å². The van der Waals surface area contributed by atoms with Crippen molar-refractivity contribution in [3.8, 4) is 0 Å². The van der Waals surface area contributed by atoms with Gasteiger partial charge in [0.2, 0.25) is 0 Å². The number of nitrogens with one attached hydrogen (secondary N) is 1. The zero-order valence-corrected chi connectivity index (χ0v) is 11.7. The minimum absolute atomic E-state index is 0.193. The molecule has 0 aromatic heterocycles. The number of likely N-dealkylation sites (tertiary alicyclic amines) is 1. The van der Waals surface area contributed by atoms with Gasteiger partial charge < -0.3 is 15.3 Å². The molecule has 0 amide bonds. The van der Waals surface area contributed by atoms with E-state index in [-0.39, 0.29) is 5.82 Å². The highest BCUT2D eigenvalue weighted by molar-refractivity contribution is 5.45. The molecule has 19 heavy (non-hydrogen) atoms. The number of β-amino-alcohol motifs (C(OH)–C–C–N with tert-alkyl or cyclic N) is 1. The van der Waals surface area contributed by atoms with E-state index in [9.17, 15) is 9.50 Å². The number of nitrogens with zero attached hydrogens (tertiary/aromatic N) is 1. The van der Waals surface area contributed by atoms with E-state index in [4.69, 9.17) is 0 Å². The Labute approximate surface area is 114 Å². The number of anilines is 1. The molecule has 1 fully saturated rings. The Morgan fingerprint density at radius 1 is 1.32 bits per heavy atom. The zero-order valence-electron chi connectivity index (χ0n) is 11.7. The van der Waals surface area contributed by atoms with E-state index in [1.54, 1.807) is 12.1 Å². The highest BCUT2D eigenvalue weighted by Crippen LogP contribution is 2.20. The second-order valence-electron chi connectivity index (χ2n) is 5.99. The van der Waals surface area contributed by atoms with Crippen molar-refractivity contribution in [1.82, 2.24) is 4.90 Å². The summed E-state index contributed by atoms with van der Waals surface area (Å²) in [5, 5.41) is 13.1.